The van der Waals surface area contributed by atoms with Gasteiger partial charge in [-0.25, -0.2) is 0 Å². The van der Waals surface area contributed by atoms with Crippen molar-refractivity contribution in [3.8, 4) is 0 Å². The fourth-order valence-electron chi connectivity index (χ4n) is 2.66. The van der Waals surface area contributed by atoms with Gasteiger partial charge in [-0.15, -0.1) is 0 Å². The molecule has 0 spiro atoms. The molecule has 0 aromatic heterocycles. The highest BCUT2D eigenvalue weighted by Crippen LogP contribution is 2.40. The van der Waals surface area contributed by atoms with E-state index >= 15 is 0 Å². The molecule has 1 aliphatic heterocycles. The van der Waals surface area contributed by atoms with Gasteiger partial charge in [0.2, 0.25) is 0 Å². The second-order valence-electron chi connectivity index (χ2n) is 4.76. The van der Waals surface area contributed by atoms with Crippen LogP contribution in [0.15, 0.2) is 0 Å². The van der Waals surface area contributed by atoms with Crippen LogP contribution >= 0.6 is 0 Å². The Balaban J connectivity index is 1.85. The monoisotopic (exact) mass is 256 g/mol. The molecule has 1 heterocycles. The third-order valence-electron chi connectivity index (χ3n) is 3.56. The molecule has 2 fully saturated rings. The third-order valence-corrected chi connectivity index (χ3v) is 3.56. The summed E-state index contributed by atoms with van der Waals surface area (Å²) in [6, 6.07) is 0. The number of esters is 3. The predicted octanol–water partition coefficient (Wildman–Crippen LogP) is 0.639. The number of carbonyl (C=O) groups is 3. The van der Waals surface area contributed by atoms with Crippen LogP contribution < -0.4 is 0 Å². The lowest BCUT2D eigenvalue weighted by molar-refractivity contribution is -0.156. The van der Waals surface area contributed by atoms with Gasteiger partial charge in [0.05, 0.1) is 11.8 Å². The van der Waals surface area contributed by atoms with Gasteiger partial charge in [0.15, 0.2) is 6.79 Å². The van der Waals surface area contributed by atoms with E-state index in [9.17, 15) is 14.4 Å². The molecule has 2 aliphatic rings. The van der Waals surface area contributed by atoms with Crippen LogP contribution in [-0.4, -0.2) is 31.8 Å². The summed E-state index contributed by atoms with van der Waals surface area (Å²) in [6.07, 6.45) is 2.13. The van der Waals surface area contributed by atoms with Gasteiger partial charge in [0.1, 0.15) is 0 Å². The first-order chi connectivity index (χ1) is 8.61. The van der Waals surface area contributed by atoms with Crippen LogP contribution in [0.3, 0.4) is 0 Å². The maximum atomic E-state index is 11.4. The van der Waals surface area contributed by atoms with E-state index in [1.807, 2.05) is 0 Å². The Bertz CT molecular complexity index is 364. The molecule has 0 bridgehead atoms. The lowest BCUT2D eigenvalue weighted by Crippen LogP contribution is -2.28. The number of rotatable bonds is 4. The van der Waals surface area contributed by atoms with Crippen LogP contribution in [0.4, 0.5) is 0 Å². The predicted molar refractivity (Wildman–Crippen MR) is 58.0 cm³/mol. The van der Waals surface area contributed by atoms with E-state index in [-0.39, 0.29) is 36.9 Å². The van der Waals surface area contributed by atoms with Crippen molar-refractivity contribution in [2.45, 2.75) is 25.7 Å². The number of cyclic esters (lactones) is 2. The Morgan fingerprint density at radius 1 is 1.28 bits per heavy atom. The molecule has 100 valence electrons. The summed E-state index contributed by atoms with van der Waals surface area (Å²) in [6.45, 7) is -0.0574. The average molecular weight is 256 g/mol. The Hall–Kier alpha value is -1.43. The van der Waals surface area contributed by atoms with E-state index in [4.69, 9.17) is 4.74 Å². The van der Waals surface area contributed by atoms with Crippen LogP contribution in [0, 0.1) is 17.8 Å². The molecular formula is C12H16O6. The summed E-state index contributed by atoms with van der Waals surface area (Å²) in [5.74, 6) is -1.78. The molecule has 1 aliphatic carbocycles. The zero-order valence-corrected chi connectivity index (χ0v) is 10.2. The highest BCUT2D eigenvalue weighted by atomic mass is 16.7. The van der Waals surface area contributed by atoms with E-state index in [1.54, 1.807) is 0 Å². The van der Waals surface area contributed by atoms with E-state index in [0.717, 1.165) is 6.42 Å². The topological polar surface area (TPSA) is 78.9 Å². The zero-order chi connectivity index (χ0) is 13.1. The van der Waals surface area contributed by atoms with E-state index in [0.29, 0.717) is 12.8 Å². The summed E-state index contributed by atoms with van der Waals surface area (Å²) in [5.41, 5.74) is 0. The Morgan fingerprint density at radius 3 is 2.72 bits per heavy atom. The fourth-order valence-corrected chi connectivity index (χ4v) is 2.66. The Kier molecular flexibility index (Phi) is 3.96. The average Bonchev–Trinajstić information content (AvgIpc) is 2.62. The van der Waals surface area contributed by atoms with Gasteiger partial charge in [0, 0.05) is 13.5 Å². The number of carbonyl (C=O) groups excluding carboxylic acids is 3. The van der Waals surface area contributed by atoms with Crippen LogP contribution in [0.1, 0.15) is 25.7 Å². The van der Waals surface area contributed by atoms with Crippen molar-refractivity contribution < 1.29 is 28.6 Å². The van der Waals surface area contributed by atoms with Crippen molar-refractivity contribution in [3.05, 3.63) is 0 Å². The Labute approximate surface area is 105 Å². The van der Waals surface area contributed by atoms with Crippen LogP contribution in [0.25, 0.3) is 0 Å². The molecule has 3 unspecified atom stereocenters. The van der Waals surface area contributed by atoms with Crippen molar-refractivity contribution in [3.63, 3.8) is 0 Å². The highest BCUT2D eigenvalue weighted by Gasteiger charge is 2.47. The first kappa shape index (κ1) is 13.0. The van der Waals surface area contributed by atoms with E-state index < -0.39 is 11.9 Å². The summed E-state index contributed by atoms with van der Waals surface area (Å²) in [7, 11) is 1.44. The number of fused-ring (bicyclic) bond motifs is 1. The molecule has 6 nitrogen and oxygen atoms in total. The first-order valence-electron chi connectivity index (χ1n) is 6.02. The molecule has 6 heteroatoms. The number of hydrogen-bond donors (Lipinski definition) is 0. The van der Waals surface area contributed by atoms with Gasteiger partial charge < -0.3 is 14.2 Å². The molecule has 3 atom stereocenters. The molecule has 0 N–H and O–H groups in total. The van der Waals surface area contributed by atoms with Gasteiger partial charge in [-0.1, -0.05) is 0 Å². The molecular weight excluding hydrogens is 240 g/mol. The maximum absolute atomic E-state index is 11.4. The van der Waals surface area contributed by atoms with Crippen molar-refractivity contribution in [1.82, 2.24) is 0 Å². The third kappa shape index (κ3) is 2.69. The molecule has 1 saturated carbocycles. The van der Waals surface area contributed by atoms with Crippen molar-refractivity contribution in [1.29, 1.82) is 0 Å². The lowest BCUT2D eigenvalue weighted by Gasteiger charge is -2.26. The van der Waals surface area contributed by atoms with Gasteiger partial charge in [0.25, 0.3) is 0 Å². The van der Waals surface area contributed by atoms with Crippen molar-refractivity contribution in [2.24, 2.45) is 17.8 Å². The SMILES string of the molecule is COCOC(=O)CC1CCC2C(=O)OC(=O)C2C1. The molecule has 0 aromatic rings. The summed E-state index contributed by atoms with van der Waals surface area (Å²) in [4.78, 5) is 34.2. The first-order valence-corrected chi connectivity index (χ1v) is 6.02. The smallest absolute Gasteiger partial charge is 0.317 e. The molecule has 0 radical (unpaired) electrons. The largest absolute Gasteiger partial charge is 0.438 e. The van der Waals surface area contributed by atoms with E-state index in [2.05, 4.69) is 9.47 Å². The molecule has 0 amide bonds. The molecule has 0 aromatic carbocycles. The van der Waals surface area contributed by atoms with E-state index in [1.165, 1.54) is 7.11 Å². The molecule has 18 heavy (non-hydrogen) atoms. The molecule has 2 rings (SSSR count). The molecule has 1 saturated heterocycles. The normalized spacial score (nSPS) is 30.8. The summed E-state index contributed by atoms with van der Waals surface area (Å²) in [5, 5.41) is 0. The zero-order valence-electron chi connectivity index (χ0n) is 10.2. The second-order valence-corrected chi connectivity index (χ2v) is 4.76. The van der Waals surface area contributed by atoms with Gasteiger partial charge >= 0.3 is 17.9 Å². The van der Waals surface area contributed by atoms with Gasteiger partial charge in [-0.2, -0.15) is 0 Å². The van der Waals surface area contributed by atoms with Crippen LogP contribution in [-0.2, 0) is 28.6 Å². The van der Waals surface area contributed by atoms with Crippen molar-refractivity contribution in [2.75, 3.05) is 13.9 Å². The van der Waals surface area contributed by atoms with Crippen LogP contribution in [0.2, 0.25) is 0 Å². The fraction of sp³-hybridized carbons (Fsp3) is 0.750. The van der Waals surface area contributed by atoms with Crippen molar-refractivity contribution >= 4 is 17.9 Å². The quantitative estimate of drug-likeness (QED) is 0.417. The minimum Gasteiger partial charge on any atom is -0.438 e. The van der Waals surface area contributed by atoms with Crippen LogP contribution in [0.5, 0.6) is 0 Å². The highest BCUT2D eigenvalue weighted by molar-refractivity contribution is 5.96. The Morgan fingerprint density at radius 2 is 2.00 bits per heavy atom. The number of hydrogen-bond acceptors (Lipinski definition) is 6. The maximum Gasteiger partial charge on any atom is 0.317 e. The van der Waals surface area contributed by atoms with Gasteiger partial charge in [-0.3, -0.25) is 14.4 Å². The minimum atomic E-state index is -0.444. The minimum absolute atomic E-state index is 0.0574. The number of ether oxygens (including phenoxy) is 3. The standard InChI is InChI=1S/C12H16O6/c1-16-6-17-10(13)5-7-2-3-8-9(4-7)12(15)18-11(8)14/h7-9H,2-6H2,1H3. The summed E-state index contributed by atoms with van der Waals surface area (Å²) < 4.78 is 14.1. The lowest BCUT2D eigenvalue weighted by atomic mass is 9.74. The van der Waals surface area contributed by atoms with Gasteiger partial charge in [-0.05, 0) is 25.2 Å². The second kappa shape index (κ2) is 5.48. The number of methoxy groups -OCH3 is 1. The summed E-state index contributed by atoms with van der Waals surface area (Å²) >= 11 is 0.